The summed E-state index contributed by atoms with van der Waals surface area (Å²) < 4.78 is 6.18. The van der Waals surface area contributed by atoms with E-state index in [4.69, 9.17) is 4.42 Å². The fourth-order valence-electron chi connectivity index (χ4n) is 11.5. The number of hydrogen-bond acceptors (Lipinski definition) is 3. The lowest BCUT2D eigenvalue weighted by molar-refractivity contribution is 0.660. The van der Waals surface area contributed by atoms with Crippen LogP contribution in [0.1, 0.15) is 55.5 Å². The average molecular weight is 887 g/mol. The van der Waals surface area contributed by atoms with Gasteiger partial charge in [-0.2, -0.15) is 0 Å². The number of furan rings is 1. The Kier molecular flexibility index (Phi) is 9.07. The highest BCUT2D eigenvalue weighted by Crippen LogP contribution is 2.54. The molecule has 3 nitrogen and oxygen atoms in total. The molecule has 0 spiro atoms. The highest BCUT2D eigenvalue weighted by molar-refractivity contribution is 6.06. The SMILES string of the molecule is C=C1/C=C\C=C/N(c2ccccc2)c2ccc(-c3ccc4c(c3)C(C)(C)c3cc(N(c5ccc(-c6ccc7oc8ccccc8c7c6)cc5)c5ccc6c(c5)C(C)(C)c5ccccc5-6)ccc3-4)cc21. The van der Waals surface area contributed by atoms with Crippen LogP contribution in [0.3, 0.4) is 0 Å². The molecule has 10 aromatic rings. The first-order valence-electron chi connectivity index (χ1n) is 24.0. The van der Waals surface area contributed by atoms with Gasteiger partial charge in [0.2, 0.25) is 0 Å². The molecule has 2 heterocycles. The molecule has 0 atom stereocenters. The van der Waals surface area contributed by atoms with Gasteiger partial charge in [0, 0.05) is 56.1 Å². The third-order valence-corrected chi connectivity index (χ3v) is 15.2. The van der Waals surface area contributed by atoms with Crippen molar-refractivity contribution < 1.29 is 4.42 Å². The number of benzene rings is 9. The van der Waals surface area contributed by atoms with Gasteiger partial charge in [0.15, 0.2) is 0 Å². The van der Waals surface area contributed by atoms with E-state index in [0.29, 0.717) is 0 Å². The van der Waals surface area contributed by atoms with Gasteiger partial charge in [0.05, 0.1) is 5.69 Å². The lowest BCUT2D eigenvalue weighted by Crippen LogP contribution is -2.18. The summed E-state index contributed by atoms with van der Waals surface area (Å²) in [5, 5.41) is 2.27. The van der Waals surface area contributed by atoms with E-state index in [-0.39, 0.29) is 10.8 Å². The third-order valence-electron chi connectivity index (χ3n) is 15.2. The lowest BCUT2D eigenvalue weighted by atomic mass is 9.81. The molecule has 0 radical (unpaired) electrons. The summed E-state index contributed by atoms with van der Waals surface area (Å²) in [5.74, 6) is 0. The molecule has 0 saturated heterocycles. The Morgan fingerprint density at radius 3 is 1.74 bits per heavy atom. The van der Waals surface area contributed by atoms with E-state index in [1.807, 2.05) is 12.1 Å². The van der Waals surface area contributed by atoms with Crippen LogP contribution in [0.25, 0.3) is 72.0 Å². The predicted molar refractivity (Wildman–Crippen MR) is 290 cm³/mol. The number of rotatable bonds is 6. The van der Waals surface area contributed by atoms with Crippen molar-refractivity contribution in [1.82, 2.24) is 0 Å². The van der Waals surface area contributed by atoms with Gasteiger partial charge < -0.3 is 14.2 Å². The zero-order valence-electron chi connectivity index (χ0n) is 39.3. The summed E-state index contributed by atoms with van der Waals surface area (Å²) in [4.78, 5) is 4.70. The van der Waals surface area contributed by atoms with Crippen molar-refractivity contribution in [2.75, 3.05) is 9.80 Å². The van der Waals surface area contributed by atoms with Crippen molar-refractivity contribution in [1.29, 1.82) is 0 Å². The van der Waals surface area contributed by atoms with Gasteiger partial charge in [0.25, 0.3) is 0 Å². The maximum Gasteiger partial charge on any atom is 0.135 e. The van der Waals surface area contributed by atoms with Crippen LogP contribution in [-0.4, -0.2) is 0 Å². The van der Waals surface area contributed by atoms with Gasteiger partial charge >= 0.3 is 0 Å². The van der Waals surface area contributed by atoms with Crippen molar-refractivity contribution in [2.24, 2.45) is 0 Å². The van der Waals surface area contributed by atoms with E-state index in [2.05, 4.69) is 250 Å². The first kappa shape index (κ1) is 40.8. The first-order valence-corrected chi connectivity index (χ1v) is 24.0. The van der Waals surface area contributed by atoms with Crippen molar-refractivity contribution in [2.45, 2.75) is 38.5 Å². The van der Waals surface area contributed by atoms with Gasteiger partial charge in [-0.1, -0.05) is 156 Å². The molecule has 69 heavy (non-hydrogen) atoms. The Morgan fingerprint density at radius 1 is 0.420 bits per heavy atom. The van der Waals surface area contributed by atoms with E-state index in [1.165, 1.54) is 55.6 Å². The molecule has 0 fully saturated rings. The standard InChI is InChI=1S/C66H50N2O/c1-42-15-13-14-36-67(47-16-7-6-8-17-47)62-34-25-45(37-56(42)62)46-24-31-52-54-33-30-50(41-61(54)66(4,5)59(52)39-46)68(49-29-32-53-51-18-9-11-20-58(51)65(2,3)60(53)40-49)48-27-22-43(23-28-48)44-26-35-64-57(38-44)55-19-10-12-21-63(55)69-64/h6-41H,1H2,2-5H3/b15-13-,36-14-. The third kappa shape index (κ3) is 6.41. The van der Waals surface area contributed by atoms with Crippen LogP contribution in [0, 0.1) is 0 Å². The summed E-state index contributed by atoms with van der Waals surface area (Å²) in [6, 6.07) is 71.4. The first-order chi connectivity index (χ1) is 33.6. The maximum atomic E-state index is 6.18. The molecule has 0 N–H and O–H groups in total. The number of nitrogens with zero attached hydrogens (tertiary/aromatic N) is 2. The van der Waals surface area contributed by atoms with Crippen LogP contribution < -0.4 is 9.80 Å². The molecule has 1 aromatic heterocycles. The molecule has 0 unspecified atom stereocenters. The second-order valence-electron chi connectivity index (χ2n) is 19.9. The summed E-state index contributed by atoms with van der Waals surface area (Å²) >= 11 is 0. The summed E-state index contributed by atoms with van der Waals surface area (Å²) in [7, 11) is 0. The van der Waals surface area contributed by atoms with E-state index < -0.39 is 0 Å². The van der Waals surface area contributed by atoms with E-state index in [1.54, 1.807) is 0 Å². The average Bonchev–Trinajstić information content (AvgIpc) is 3.95. The second-order valence-corrected chi connectivity index (χ2v) is 19.9. The quantitative estimate of drug-likeness (QED) is 0.166. The van der Waals surface area contributed by atoms with Crippen LogP contribution in [-0.2, 0) is 10.8 Å². The largest absolute Gasteiger partial charge is 0.456 e. The van der Waals surface area contributed by atoms with Gasteiger partial charge in [-0.25, -0.2) is 0 Å². The smallest absolute Gasteiger partial charge is 0.135 e. The fraction of sp³-hybridized carbons (Fsp3) is 0.0909. The van der Waals surface area contributed by atoms with Crippen LogP contribution in [0.2, 0.25) is 0 Å². The fourth-order valence-corrected chi connectivity index (χ4v) is 11.5. The van der Waals surface area contributed by atoms with E-state index in [9.17, 15) is 0 Å². The van der Waals surface area contributed by atoms with Crippen molar-refractivity contribution in [3.05, 3.63) is 253 Å². The molecule has 0 amide bonds. The summed E-state index contributed by atoms with van der Waals surface area (Å²) in [6.07, 6.45) is 8.38. The summed E-state index contributed by atoms with van der Waals surface area (Å²) in [5.41, 5.74) is 24.4. The molecule has 2 aliphatic carbocycles. The van der Waals surface area contributed by atoms with Crippen LogP contribution >= 0.6 is 0 Å². The zero-order chi connectivity index (χ0) is 46.6. The zero-order valence-corrected chi connectivity index (χ0v) is 39.3. The van der Waals surface area contributed by atoms with E-state index in [0.717, 1.165) is 72.6 Å². The minimum absolute atomic E-state index is 0.133. The van der Waals surface area contributed by atoms with Gasteiger partial charge in [-0.05, 0) is 163 Å². The minimum atomic E-state index is -0.255. The lowest BCUT2D eigenvalue weighted by Gasteiger charge is -2.30. The Bertz CT molecular complexity index is 3810. The molecule has 330 valence electrons. The monoisotopic (exact) mass is 886 g/mol. The van der Waals surface area contributed by atoms with Crippen molar-refractivity contribution in [3.63, 3.8) is 0 Å². The second kappa shape index (κ2) is 15.3. The Morgan fingerprint density at radius 2 is 0.971 bits per heavy atom. The molecule has 0 saturated carbocycles. The normalized spacial score (nSPS) is 15.7. The van der Waals surface area contributed by atoms with Gasteiger partial charge in [-0.3, -0.25) is 0 Å². The topological polar surface area (TPSA) is 19.6 Å². The number of anilines is 5. The van der Waals surface area contributed by atoms with Crippen LogP contribution in [0.15, 0.2) is 230 Å². The number of para-hydroxylation sites is 2. The van der Waals surface area contributed by atoms with E-state index >= 15 is 0 Å². The maximum absolute atomic E-state index is 6.18. The predicted octanol–water partition coefficient (Wildman–Crippen LogP) is 18.2. The van der Waals surface area contributed by atoms with Crippen molar-refractivity contribution >= 4 is 55.9 Å². The Hall–Kier alpha value is -8.40. The minimum Gasteiger partial charge on any atom is -0.456 e. The highest BCUT2D eigenvalue weighted by Gasteiger charge is 2.38. The molecular weight excluding hydrogens is 837 g/mol. The molecule has 3 heteroatoms. The van der Waals surface area contributed by atoms with Crippen LogP contribution in [0.5, 0.6) is 0 Å². The summed E-state index contributed by atoms with van der Waals surface area (Å²) in [6.45, 7) is 14.0. The molecular formula is C66H50N2O. The van der Waals surface area contributed by atoms with Gasteiger partial charge in [-0.15, -0.1) is 0 Å². The van der Waals surface area contributed by atoms with Gasteiger partial charge in [0.1, 0.15) is 11.2 Å². The van der Waals surface area contributed by atoms with Crippen molar-refractivity contribution in [3.8, 4) is 44.5 Å². The molecule has 9 aromatic carbocycles. The molecule has 0 bridgehead atoms. The number of fused-ring (bicyclic) bond motifs is 10. The Labute approximate surface area is 404 Å². The number of allylic oxidation sites excluding steroid dienone is 4. The molecule has 3 aliphatic rings. The van der Waals surface area contributed by atoms with Crippen LogP contribution in [0.4, 0.5) is 28.4 Å². The number of hydrogen-bond donors (Lipinski definition) is 0. The molecule has 1 aliphatic heterocycles. The highest BCUT2D eigenvalue weighted by atomic mass is 16.3. The Balaban J connectivity index is 0.893. The molecule has 13 rings (SSSR count).